The molecule has 3 atom stereocenters. The summed E-state index contributed by atoms with van der Waals surface area (Å²) in [6.45, 7) is 5.49. The highest BCUT2D eigenvalue weighted by molar-refractivity contribution is 5.85. The molecule has 1 heterocycles. The third kappa shape index (κ3) is 7.18. The highest BCUT2D eigenvalue weighted by Crippen LogP contribution is 2.23. The Morgan fingerprint density at radius 2 is 1.86 bits per heavy atom. The number of hydrogen-bond acceptors (Lipinski definition) is 3. The highest BCUT2D eigenvalue weighted by atomic mass is 35.5. The first-order chi connectivity index (χ1) is 9.15. The van der Waals surface area contributed by atoms with Crippen molar-refractivity contribution in [3.63, 3.8) is 0 Å². The van der Waals surface area contributed by atoms with E-state index in [-0.39, 0.29) is 48.7 Å². The van der Waals surface area contributed by atoms with Crippen molar-refractivity contribution in [1.29, 1.82) is 0 Å². The van der Waals surface area contributed by atoms with Gasteiger partial charge in [-0.15, -0.1) is 24.8 Å². The Morgan fingerprint density at radius 3 is 2.48 bits per heavy atom. The lowest BCUT2D eigenvalue weighted by atomic mass is 9.85. The molecule has 1 saturated carbocycles. The molecule has 1 aliphatic heterocycles. The van der Waals surface area contributed by atoms with Crippen molar-refractivity contribution >= 4 is 30.7 Å². The largest absolute Gasteiger partial charge is 0.352 e. The van der Waals surface area contributed by atoms with Crippen molar-refractivity contribution in [2.24, 2.45) is 11.7 Å². The van der Waals surface area contributed by atoms with Crippen molar-refractivity contribution in [2.75, 3.05) is 19.6 Å². The van der Waals surface area contributed by atoms with E-state index in [0.29, 0.717) is 0 Å². The van der Waals surface area contributed by atoms with Gasteiger partial charge in [0.1, 0.15) is 0 Å². The number of likely N-dealkylation sites (tertiary alicyclic amines) is 1. The number of piperidine rings is 1. The molecular weight excluding hydrogens is 309 g/mol. The second-order valence-corrected chi connectivity index (χ2v) is 6.39. The summed E-state index contributed by atoms with van der Waals surface area (Å²) in [5, 5.41) is 3.18. The average molecular weight is 340 g/mol. The zero-order chi connectivity index (χ0) is 13.7. The number of carbonyl (C=O) groups excluding carboxylic acids is 1. The zero-order valence-corrected chi connectivity index (χ0v) is 14.7. The van der Waals surface area contributed by atoms with Crippen LogP contribution in [0.15, 0.2) is 0 Å². The number of nitrogens with two attached hydrogens (primary N) is 1. The minimum Gasteiger partial charge on any atom is -0.352 e. The fraction of sp³-hybridized carbons (Fsp3) is 0.933. The van der Waals surface area contributed by atoms with Crippen LogP contribution in [0.2, 0.25) is 0 Å². The Labute approximate surface area is 141 Å². The fourth-order valence-corrected chi connectivity index (χ4v) is 3.40. The fourth-order valence-electron chi connectivity index (χ4n) is 3.40. The van der Waals surface area contributed by atoms with Gasteiger partial charge in [0.15, 0.2) is 0 Å². The van der Waals surface area contributed by atoms with Gasteiger partial charge in [-0.1, -0.05) is 12.8 Å². The van der Waals surface area contributed by atoms with Gasteiger partial charge in [0.2, 0.25) is 5.91 Å². The van der Waals surface area contributed by atoms with Crippen LogP contribution in [-0.4, -0.2) is 42.5 Å². The molecule has 1 saturated heterocycles. The van der Waals surface area contributed by atoms with Gasteiger partial charge in [0.25, 0.3) is 0 Å². The topological polar surface area (TPSA) is 58.4 Å². The van der Waals surface area contributed by atoms with Crippen LogP contribution in [0.3, 0.4) is 0 Å². The van der Waals surface area contributed by atoms with Crippen molar-refractivity contribution in [2.45, 2.75) is 64.0 Å². The van der Waals surface area contributed by atoms with Gasteiger partial charge in [-0.05, 0) is 52.1 Å². The van der Waals surface area contributed by atoms with Crippen LogP contribution in [0, 0.1) is 5.92 Å². The Bertz CT molecular complexity index is 299. The van der Waals surface area contributed by atoms with Gasteiger partial charge in [0.05, 0.1) is 0 Å². The Kier molecular flexibility index (Phi) is 10.6. The second kappa shape index (κ2) is 10.7. The second-order valence-electron chi connectivity index (χ2n) is 6.39. The Balaban J connectivity index is 0.00000200. The molecule has 126 valence electrons. The maximum Gasteiger partial charge on any atom is 0.223 e. The molecule has 3 unspecified atom stereocenters. The van der Waals surface area contributed by atoms with E-state index in [1.54, 1.807) is 0 Å². The number of nitrogens with zero attached hydrogens (tertiary/aromatic N) is 1. The van der Waals surface area contributed by atoms with Crippen LogP contribution >= 0.6 is 24.8 Å². The first kappa shape index (κ1) is 21.0. The first-order valence-corrected chi connectivity index (χ1v) is 7.93. The summed E-state index contributed by atoms with van der Waals surface area (Å²) in [4.78, 5) is 14.7. The zero-order valence-electron chi connectivity index (χ0n) is 13.1. The number of hydrogen-bond donors (Lipinski definition) is 2. The van der Waals surface area contributed by atoms with Crippen molar-refractivity contribution < 1.29 is 4.79 Å². The number of amides is 1. The van der Waals surface area contributed by atoms with Gasteiger partial charge in [-0.2, -0.15) is 0 Å². The molecule has 0 aromatic heterocycles. The summed E-state index contributed by atoms with van der Waals surface area (Å²) in [6, 6.07) is 0.477. The summed E-state index contributed by atoms with van der Waals surface area (Å²) >= 11 is 0. The lowest BCUT2D eigenvalue weighted by Gasteiger charge is -2.31. The molecular formula is C15H31Cl2N3O. The van der Waals surface area contributed by atoms with Crippen molar-refractivity contribution in [3.8, 4) is 0 Å². The lowest BCUT2D eigenvalue weighted by Crippen LogP contribution is -2.46. The van der Waals surface area contributed by atoms with E-state index >= 15 is 0 Å². The Hall–Kier alpha value is -0.0300. The van der Waals surface area contributed by atoms with Crippen molar-refractivity contribution in [3.05, 3.63) is 0 Å². The minimum atomic E-state index is 0. The third-order valence-electron chi connectivity index (χ3n) is 4.45. The average Bonchev–Trinajstić information content (AvgIpc) is 2.39. The van der Waals surface area contributed by atoms with E-state index in [0.717, 1.165) is 32.2 Å². The molecule has 0 aromatic carbocycles. The molecule has 6 heteroatoms. The van der Waals surface area contributed by atoms with Gasteiger partial charge in [-0.25, -0.2) is 0 Å². The monoisotopic (exact) mass is 339 g/mol. The summed E-state index contributed by atoms with van der Waals surface area (Å²) in [6.07, 6.45) is 8.01. The van der Waals surface area contributed by atoms with Crippen LogP contribution in [0.4, 0.5) is 0 Å². The Morgan fingerprint density at radius 1 is 1.19 bits per heavy atom. The molecule has 2 fully saturated rings. The maximum absolute atomic E-state index is 12.2. The van der Waals surface area contributed by atoms with Gasteiger partial charge in [0, 0.05) is 24.5 Å². The van der Waals surface area contributed by atoms with E-state index < -0.39 is 0 Å². The van der Waals surface area contributed by atoms with Crippen LogP contribution in [0.5, 0.6) is 0 Å². The number of nitrogens with one attached hydrogen (secondary N) is 1. The third-order valence-corrected chi connectivity index (χ3v) is 4.45. The molecule has 4 nitrogen and oxygen atoms in total. The molecule has 2 aliphatic rings. The molecule has 0 bridgehead atoms. The number of halogens is 2. The summed E-state index contributed by atoms with van der Waals surface area (Å²) in [7, 11) is 0. The normalized spacial score (nSPS) is 27.9. The summed E-state index contributed by atoms with van der Waals surface area (Å²) in [5.74, 6) is 0.368. The predicted molar refractivity (Wildman–Crippen MR) is 92.3 cm³/mol. The van der Waals surface area contributed by atoms with Crippen LogP contribution in [0.1, 0.15) is 51.9 Å². The smallest absolute Gasteiger partial charge is 0.223 e. The number of rotatable bonds is 4. The molecule has 0 radical (unpaired) electrons. The van der Waals surface area contributed by atoms with Crippen LogP contribution < -0.4 is 11.1 Å². The SMILES string of the molecule is CC(CN1CCCCC1)NC(=O)C1CCCC(N)C1.Cl.Cl. The van der Waals surface area contributed by atoms with E-state index in [1.165, 1.54) is 32.4 Å². The van der Waals surface area contributed by atoms with Crippen LogP contribution in [-0.2, 0) is 4.79 Å². The van der Waals surface area contributed by atoms with Gasteiger partial charge >= 0.3 is 0 Å². The molecule has 2 rings (SSSR count). The summed E-state index contributed by atoms with van der Waals surface area (Å²) < 4.78 is 0. The van der Waals surface area contributed by atoms with E-state index in [4.69, 9.17) is 5.73 Å². The molecule has 0 spiro atoms. The molecule has 21 heavy (non-hydrogen) atoms. The van der Waals surface area contributed by atoms with E-state index in [2.05, 4.69) is 17.1 Å². The lowest BCUT2D eigenvalue weighted by molar-refractivity contribution is -0.126. The minimum absolute atomic E-state index is 0. The van der Waals surface area contributed by atoms with E-state index in [1.807, 2.05) is 0 Å². The van der Waals surface area contributed by atoms with Gasteiger partial charge < -0.3 is 16.0 Å². The molecule has 1 aliphatic carbocycles. The summed E-state index contributed by atoms with van der Waals surface area (Å²) in [5.41, 5.74) is 5.95. The standard InChI is InChI=1S/C15H29N3O.2ClH/c1-12(11-18-8-3-2-4-9-18)17-15(19)13-6-5-7-14(16)10-13;;/h12-14H,2-11,16H2,1H3,(H,17,19);2*1H. The van der Waals surface area contributed by atoms with Crippen LogP contribution in [0.25, 0.3) is 0 Å². The van der Waals surface area contributed by atoms with Crippen molar-refractivity contribution in [1.82, 2.24) is 10.2 Å². The number of carbonyl (C=O) groups is 1. The molecule has 3 N–H and O–H groups in total. The van der Waals surface area contributed by atoms with Gasteiger partial charge in [-0.3, -0.25) is 4.79 Å². The predicted octanol–water partition coefficient (Wildman–Crippen LogP) is 2.34. The quantitative estimate of drug-likeness (QED) is 0.826. The molecule has 1 amide bonds. The highest BCUT2D eigenvalue weighted by Gasteiger charge is 2.26. The molecule has 0 aromatic rings. The maximum atomic E-state index is 12.2. The van der Waals surface area contributed by atoms with E-state index in [9.17, 15) is 4.79 Å². The first-order valence-electron chi connectivity index (χ1n) is 7.93.